The molecule has 0 saturated carbocycles. The standard InChI is InChI=1S/C26H32/c1-5-18-13-20-9-7-11-22-15-23-12-8-10-21-14-19(6-2)17(4)26(16(18)3,24(20)22)25(21)23/h7-12,16-19H,5-6,13-15H2,1-4H3. The molecular formula is C26H32. The summed E-state index contributed by atoms with van der Waals surface area (Å²) in [5.74, 6) is 3.06. The molecule has 0 radical (unpaired) electrons. The van der Waals surface area contributed by atoms with Crippen LogP contribution in [0.1, 0.15) is 73.9 Å². The van der Waals surface area contributed by atoms with Crippen molar-refractivity contribution in [2.24, 2.45) is 23.7 Å². The van der Waals surface area contributed by atoms with Crippen molar-refractivity contribution >= 4 is 0 Å². The Morgan fingerprint density at radius 1 is 0.731 bits per heavy atom. The summed E-state index contributed by atoms with van der Waals surface area (Å²) in [6.07, 6.45) is 6.30. The molecule has 0 bridgehead atoms. The summed E-state index contributed by atoms with van der Waals surface area (Å²) in [5, 5.41) is 0. The highest BCUT2D eigenvalue weighted by molar-refractivity contribution is 5.62. The first-order valence-corrected chi connectivity index (χ1v) is 10.8. The minimum absolute atomic E-state index is 0.244. The van der Waals surface area contributed by atoms with Crippen molar-refractivity contribution in [3.8, 4) is 0 Å². The van der Waals surface area contributed by atoms with E-state index in [9.17, 15) is 0 Å². The van der Waals surface area contributed by atoms with E-state index in [0.29, 0.717) is 0 Å². The summed E-state index contributed by atoms with van der Waals surface area (Å²) in [6, 6.07) is 14.4. The SMILES string of the molecule is CCC1Cc2cccc3c2C2(c4c(cccc4CC(CC)C2C)C3)C1C. The Labute approximate surface area is 159 Å². The van der Waals surface area contributed by atoms with Crippen molar-refractivity contribution in [1.82, 2.24) is 0 Å². The second-order valence-electron chi connectivity index (χ2n) is 9.27. The first-order valence-electron chi connectivity index (χ1n) is 10.8. The number of benzene rings is 2. The quantitative estimate of drug-likeness (QED) is 0.598. The fourth-order valence-corrected chi connectivity index (χ4v) is 7.32. The molecule has 0 amide bonds. The molecule has 0 saturated heterocycles. The van der Waals surface area contributed by atoms with Gasteiger partial charge in [0.05, 0.1) is 0 Å². The molecule has 3 aliphatic rings. The molecule has 2 aromatic carbocycles. The van der Waals surface area contributed by atoms with Crippen molar-refractivity contribution in [2.45, 2.75) is 65.2 Å². The summed E-state index contributed by atoms with van der Waals surface area (Å²) in [7, 11) is 0. The molecule has 0 nitrogen and oxygen atoms in total. The van der Waals surface area contributed by atoms with Crippen molar-refractivity contribution in [2.75, 3.05) is 0 Å². The maximum absolute atomic E-state index is 2.59. The lowest BCUT2D eigenvalue weighted by atomic mass is 9.44. The van der Waals surface area contributed by atoms with Gasteiger partial charge in [0.15, 0.2) is 0 Å². The fourth-order valence-electron chi connectivity index (χ4n) is 7.32. The summed E-state index contributed by atoms with van der Waals surface area (Å²) >= 11 is 0. The Morgan fingerprint density at radius 3 is 1.58 bits per heavy atom. The van der Waals surface area contributed by atoms with E-state index in [0.717, 1.165) is 30.1 Å². The molecule has 4 atom stereocenters. The van der Waals surface area contributed by atoms with Crippen LogP contribution >= 0.6 is 0 Å². The molecule has 0 heterocycles. The van der Waals surface area contributed by atoms with Gasteiger partial charge in [-0.25, -0.2) is 0 Å². The molecule has 0 fully saturated rings. The van der Waals surface area contributed by atoms with E-state index in [4.69, 9.17) is 0 Å². The average Bonchev–Trinajstić information content (AvgIpc) is 2.66. The van der Waals surface area contributed by atoms with Crippen LogP contribution in [0.15, 0.2) is 36.4 Å². The molecule has 26 heavy (non-hydrogen) atoms. The Hall–Kier alpha value is -1.56. The Kier molecular flexibility index (Phi) is 3.65. The smallest absolute Gasteiger partial charge is 0.0270 e. The van der Waals surface area contributed by atoms with Gasteiger partial charge >= 0.3 is 0 Å². The summed E-state index contributed by atoms with van der Waals surface area (Å²) in [5.41, 5.74) is 10.3. The van der Waals surface area contributed by atoms with Crippen LogP contribution in [0.4, 0.5) is 0 Å². The highest BCUT2D eigenvalue weighted by atomic mass is 14.6. The van der Waals surface area contributed by atoms with E-state index < -0.39 is 0 Å². The second kappa shape index (κ2) is 5.72. The van der Waals surface area contributed by atoms with Gasteiger partial charge in [0.25, 0.3) is 0 Å². The first-order chi connectivity index (χ1) is 12.6. The van der Waals surface area contributed by atoms with Crippen LogP contribution < -0.4 is 0 Å². The van der Waals surface area contributed by atoms with Gasteiger partial charge in [-0.2, -0.15) is 0 Å². The molecular weight excluding hydrogens is 312 g/mol. The molecule has 4 unspecified atom stereocenters. The molecule has 136 valence electrons. The Balaban J connectivity index is 1.91. The van der Waals surface area contributed by atoms with Crippen LogP contribution in [-0.4, -0.2) is 0 Å². The largest absolute Gasteiger partial charge is 0.0651 e. The predicted octanol–water partition coefficient (Wildman–Crippen LogP) is 6.31. The van der Waals surface area contributed by atoms with Crippen molar-refractivity contribution in [3.05, 3.63) is 69.8 Å². The van der Waals surface area contributed by atoms with Gasteiger partial charge in [-0.15, -0.1) is 0 Å². The summed E-state index contributed by atoms with van der Waals surface area (Å²) in [4.78, 5) is 0. The van der Waals surface area contributed by atoms with Gasteiger partial charge in [0.1, 0.15) is 0 Å². The zero-order chi connectivity index (χ0) is 18.1. The van der Waals surface area contributed by atoms with Gasteiger partial charge in [0.2, 0.25) is 0 Å². The zero-order valence-electron chi connectivity index (χ0n) is 16.8. The lowest BCUT2D eigenvalue weighted by Gasteiger charge is -2.59. The van der Waals surface area contributed by atoms with Crippen molar-refractivity contribution in [1.29, 1.82) is 0 Å². The van der Waals surface area contributed by atoms with Gasteiger partial charge in [-0.05, 0) is 76.3 Å². The van der Waals surface area contributed by atoms with E-state index in [2.05, 4.69) is 64.1 Å². The van der Waals surface area contributed by atoms with Gasteiger partial charge in [-0.1, -0.05) is 76.9 Å². The summed E-state index contributed by atoms with van der Waals surface area (Å²) < 4.78 is 0. The second-order valence-corrected chi connectivity index (χ2v) is 9.27. The predicted molar refractivity (Wildman–Crippen MR) is 110 cm³/mol. The highest BCUT2D eigenvalue weighted by Gasteiger charge is 2.57. The van der Waals surface area contributed by atoms with Crippen LogP contribution in [-0.2, 0) is 24.7 Å². The summed E-state index contributed by atoms with van der Waals surface area (Å²) in [6.45, 7) is 10.0. The zero-order valence-corrected chi connectivity index (χ0v) is 16.8. The normalized spacial score (nSPS) is 34.2. The van der Waals surface area contributed by atoms with Crippen LogP contribution in [0.2, 0.25) is 0 Å². The number of rotatable bonds is 2. The lowest BCUT2D eigenvalue weighted by Crippen LogP contribution is -2.55. The van der Waals surface area contributed by atoms with E-state index in [1.54, 1.807) is 33.4 Å². The number of hydrogen-bond donors (Lipinski definition) is 0. The maximum Gasteiger partial charge on any atom is 0.0270 e. The topological polar surface area (TPSA) is 0 Å². The Morgan fingerprint density at radius 2 is 1.15 bits per heavy atom. The van der Waals surface area contributed by atoms with Crippen LogP contribution in [0.3, 0.4) is 0 Å². The average molecular weight is 345 g/mol. The van der Waals surface area contributed by atoms with E-state index >= 15 is 0 Å². The van der Waals surface area contributed by atoms with Crippen molar-refractivity contribution in [3.63, 3.8) is 0 Å². The van der Waals surface area contributed by atoms with Gasteiger partial charge in [0, 0.05) is 5.41 Å². The first kappa shape index (κ1) is 16.6. The third kappa shape index (κ3) is 1.86. The van der Waals surface area contributed by atoms with E-state index in [1.807, 2.05) is 0 Å². The minimum atomic E-state index is 0.244. The van der Waals surface area contributed by atoms with Crippen LogP contribution in [0.5, 0.6) is 0 Å². The van der Waals surface area contributed by atoms with E-state index in [1.165, 1.54) is 25.7 Å². The van der Waals surface area contributed by atoms with E-state index in [-0.39, 0.29) is 5.41 Å². The molecule has 0 N–H and O–H groups in total. The molecule has 3 aliphatic carbocycles. The Bertz CT molecular complexity index is 787. The van der Waals surface area contributed by atoms with Gasteiger partial charge < -0.3 is 0 Å². The molecule has 0 heteroatoms. The molecule has 2 aromatic rings. The maximum atomic E-state index is 2.59. The molecule has 1 spiro atoms. The molecule has 0 aromatic heterocycles. The van der Waals surface area contributed by atoms with Crippen LogP contribution in [0.25, 0.3) is 0 Å². The van der Waals surface area contributed by atoms with Crippen molar-refractivity contribution < 1.29 is 0 Å². The fraction of sp³-hybridized carbons (Fsp3) is 0.538. The monoisotopic (exact) mass is 344 g/mol. The molecule has 0 aliphatic heterocycles. The minimum Gasteiger partial charge on any atom is -0.0651 e. The molecule has 5 rings (SSSR count). The third-order valence-electron chi connectivity index (χ3n) is 8.55. The van der Waals surface area contributed by atoms with Gasteiger partial charge in [-0.3, -0.25) is 0 Å². The highest BCUT2D eigenvalue weighted by Crippen LogP contribution is 2.62. The van der Waals surface area contributed by atoms with Crippen LogP contribution in [0, 0.1) is 23.7 Å². The third-order valence-corrected chi connectivity index (χ3v) is 8.55. The lowest BCUT2D eigenvalue weighted by molar-refractivity contribution is 0.0932. The number of hydrogen-bond acceptors (Lipinski definition) is 0.